The molecule has 3 aromatic heterocycles. The zero-order valence-electron chi connectivity index (χ0n) is 11.8. The van der Waals surface area contributed by atoms with Crippen LogP contribution in [-0.2, 0) is 0 Å². The van der Waals surface area contributed by atoms with Crippen LogP contribution in [0.5, 0.6) is 0 Å². The largest absolute Gasteiger partial charge is 0.341 e. The van der Waals surface area contributed by atoms with Crippen LogP contribution in [0.25, 0.3) is 11.4 Å². The Kier molecular flexibility index (Phi) is 3.82. The number of aromatic nitrogens is 6. The summed E-state index contributed by atoms with van der Waals surface area (Å²) in [6, 6.07) is 3.29. The highest BCUT2D eigenvalue weighted by Gasteiger charge is 2.16. The summed E-state index contributed by atoms with van der Waals surface area (Å²) >= 11 is 0. The standard InChI is InChI=1S/C14H13N7O/c1-9(18-14(22)11-8-16-6-7-17-11)12-19-13(21-20-12)10-2-4-15-5-3-10/h2-9H,1H3,(H,18,22)(H,19,20,21). The summed E-state index contributed by atoms with van der Waals surface area (Å²) in [5.41, 5.74) is 1.10. The molecule has 1 atom stereocenters. The molecule has 22 heavy (non-hydrogen) atoms. The van der Waals surface area contributed by atoms with Crippen LogP contribution in [0.3, 0.4) is 0 Å². The molecule has 2 N–H and O–H groups in total. The van der Waals surface area contributed by atoms with Crippen LogP contribution < -0.4 is 5.32 Å². The number of aromatic amines is 1. The minimum Gasteiger partial charge on any atom is -0.341 e. The summed E-state index contributed by atoms with van der Waals surface area (Å²) in [7, 11) is 0. The maximum atomic E-state index is 12.0. The van der Waals surface area contributed by atoms with E-state index < -0.39 is 0 Å². The van der Waals surface area contributed by atoms with Gasteiger partial charge in [-0.1, -0.05) is 0 Å². The third-order valence-electron chi connectivity index (χ3n) is 2.99. The van der Waals surface area contributed by atoms with E-state index in [2.05, 4.69) is 35.5 Å². The average Bonchev–Trinajstić information content (AvgIpc) is 3.06. The Morgan fingerprint density at radius 3 is 2.73 bits per heavy atom. The molecule has 0 bridgehead atoms. The van der Waals surface area contributed by atoms with Crippen molar-refractivity contribution in [1.82, 2.24) is 35.5 Å². The van der Waals surface area contributed by atoms with E-state index in [4.69, 9.17) is 0 Å². The van der Waals surface area contributed by atoms with Crippen LogP contribution in [0.4, 0.5) is 0 Å². The van der Waals surface area contributed by atoms with Crippen LogP contribution >= 0.6 is 0 Å². The Labute approximate surface area is 126 Å². The molecule has 3 aromatic rings. The number of carbonyl (C=O) groups is 1. The van der Waals surface area contributed by atoms with Crippen LogP contribution in [0, 0.1) is 0 Å². The molecule has 0 spiro atoms. The summed E-state index contributed by atoms with van der Waals surface area (Å²) in [6.07, 6.45) is 7.73. The van der Waals surface area contributed by atoms with E-state index in [0.717, 1.165) is 5.56 Å². The smallest absolute Gasteiger partial charge is 0.272 e. The lowest BCUT2D eigenvalue weighted by molar-refractivity contribution is 0.0933. The first-order chi connectivity index (χ1) is 10.7. The molecule has 0 fully saturated rings. The van der Waals surface area contributed by atoms with Crippen molar-refractivity contribution in [1.29, 1.82) is 0 Å². The topological polar surface area (TPSA) is 109 Å². The van der Waals surface area contributed by atoms with Gasteiger partial charge in [-0.2, -0.15) is 5.10 Å². The van der Waals surface area contributed by atoms with Crippen LogP contribution in [0.2, 0.25) is 0 Å². The minimum absolute atomic E-state index is 0.253. The van der Waals surface area contributed by atoms with Crippen molar-refractivity contribution in [3.8, 4) is 11.4 Å². The van der Waals surface area contributed by atoms with E-state index in [1.54, 1.807) is 12.4 Å². The van der Waals surface area contributed by atoms with Gasteiger partial charge < -0.3 is 5.32 Å². The minimum atomic E-state index is -0.336. The number of pyridine rings is 1. The molecule has 3 rings (SSSR count). The molecule has 0 aliphatic heterocycles. The van der Waals surface area contributed by atoms with E-state index in [1.165, 1.54) is 18.6 Å². The van der Waals surface area contributed by atoms with Crippen LogP contribution in [0.1, 0.15) is 29.3 Å². The van der Waals surface area contributed by atoms with E-state index in [1.807, 2.05) is 19.1 Å². The molecule has 8 nitrogen and oxygen atoms in total. The number of H-pyrrole nitrogens is 1. The summed E-state index contributed by atoms with van der Waals surface area (Å²) < 4.78 is 0. The molecule has 1 unspecified atom stereocenters. The highest BCUT2D eigenvalue weighted by molar-refractivity contribution is 5.92. The Morgan fingerprint density at radius 1 is 1.18 bits per heavy atom. The zero-order chi connectivity index (χ0) is 15.4. The summed E-state index contributed by atoms with van der Waals surface area (Å²) in [4.78, 5) is 28.2. The molecule has 0 saturated carbocycles. The van der Waals surface area contributed by atoms with Crippen molar-refractivity contribution in [2.24, 2.45) is 0 Å². The fourth-order valence-corrected chi connectivity index (χ4v) is 1.85. The fraction of sp³-hybridized carbons (Fsp3) is 0.143. The molecule has 0 aromatic carbocycles. The quantitative estimate of drug-likeness (QED) is 0.747. The predicted molar refractivity (Wildman–Crippen MR) is 77.5 cm³/mol. The molecule has 1 amide bonds. The second kappa shape index (κ2) is 6.08. The molecule has 3 heterocycles. The summed E-state index contributed by atoms with van der Waals surface area (Å²) in [5, 5.41) is 9.76. The van der Waals surface area contributed by atoms with Crippen molar-refractivity contribution in [2.75, 3.05) is 0 Å². The van der Waals surface area contributed by atoms with Gasteiger partial charge in [-0.25, -0.2) is 9.97 Å². The van der Waals surface area contributed by atoms with Gasteiger partial charge in [-0.05, 0) is 19.1 Å². The number of hydrogen-bond acceptors (Lipinski definition) is 6. The first-order valence-electron chi connectivity index (χ1n) is 6.63. The highest BCUT2D eigenvalue weighted by Crippen LogP contribution is 2.15. The summed E-state index contributed by atoms with van der Waals surface area (Å²) in [6.45, 7) is 1.81. The lowest BCUT2D eigenvalue weighted by Gasteiger charge is -2.09. The number of nitrogens with zero attached hydrogens (tertiary/aromatic N) is 5. The molecule has 0 aliphatic rings. The molecular weight excluding hydrogens is 282 g/mol. The van der Waals surface area contributed by atoms with Crippen molar-refractivity contribution in [3.05, 3.63) is 54.6 Å². The predicted octanol–water partition coefficient (Wildman–Crippen LogP) is 1.15. The Hall–Kier alpha value is -3.16. The van der Waals surface area contributed by atoms with Crippen molar-refractivity contribution >= 4 is 5.91 Å². The maximum absolute atomic E-state index is 12.0. The monoisotopic (exact) mass is 295 g/mol. The van der Waals surface area contributed by atoms with E-state index in [0.29, 0.717) is 11.6 Å². The van der Waals surface area contributed by atoms with Gasteiger partial charge in [0.15, 0.2) is 5.82 Å². The number of nitrogens with one attached hydrogen (secondary N) is 2. The third-order valence-corrected chi connectivity index (χ3v) is 2.99. The number of rotatable bonds is 4. The van der Waals surface area contributed by atoms with Gasteiger partial charge in [0.05, 0.1) is 12.2 Å². The third kappa shape index (κ3) is 2.95. The van der Waals surface area contributed by atoms with Gasteiger partial charge in [0.25, 0.3) is 5.91 Å². The molecule has 0 saturated heterocycles. The van der Waals surface area contributed by atoms with Gasteiger partial charge in [0.2, 0.25) is 0 Å². The van der Waals surface area contributed by atoms with Crippen LogP contribution in [0.15, 0.2) is 43.1 Å². The first kappa shape index (κ1) is 13.8. The van der Waals surface area contributed by atoms with E-state index in [-0.39, 0.29) is 17.6 Å². The fourth-order valence-electron chi connectivity index (χ4n) is 1.85. The van der Waals surface area contributed by atoms with Crippen molar-refractivity contribution < 1.29 is 4.79 Å². The van der Waals surface area contributed by atoms with Crippen molar-refractivity contribution in [3.63, 3.8) is 0 Å². The first-order valence-corrected chi connectivity index (χ1v) is 6.63. The van der Waals surface area contributed by atoms with Gasteiger partial charge in [-0.15, -0.1) is 0 Å². The number of hydrogen-bond donors (Lipinski definition) is 2. The molecular formula is C14H13N7O. The molecule has 0 aliphatic carbocycles. The van der Waals surface area contributed by atoms with Gasteiger partial charge >= 0.3 is 0 Å². The molecule has 0 radical (unpaired) electrons. The lowest BCUT2D eigenvalue weighted by atomic mass is 10.2. The zero-order valence-corrected chi connectivity index (χ0v) is 11.8. The average molecular weight is 295 g/mol. The van der Waals surface area contributed by atoms with Gasteiger partial charge in [0.1, 0.15) is 11.5 Å². The number of amides is 1. The normalized spacial score (nSPS) is 11.9. The van der Waals surface area contributed by atoms with E-state index >= 15 is 0 Å². The highest BCUT2D eigenvalue weighted by atomic mass is 16.1. The Morgan fingerprint density at radius 2 is 2.00 bits per heavy atom. The van der Waals surface area contributed by atoms with Crippen molar-refractivity contribution in [2.45, 2.75) is 13.0 Å². The maximum Gasteiger partial charge on any atom is 0.272 e. The van der Waals surface area contributed by atoms with E-state index in [9.17, 15) is 4.79 Å². The summed E-state index contributed by atoms with van der Waals surface area (Å²) in [5.74, 6) is 0.796. The lowest BCUT2D eigenvalue weighted by Crippen LogP contribution is -2.28. The SMILES string of the molecule is CC(NC(=O)c1cnccn1)c1nc(-c2ccncc2)n[nH]1. The molecule has 110 valence electrons. The van der Waals surface area contributed by atoms with Gasteiger partial charge in [-0.3, -0.25) is 19.9 Å². The van der Waals surface area contributed by atoms with Gasteiger partial charge in [0, 0.05) is 30.4 Å². The second-order valence-corrected chi connectivity index (χ2v) is 4.57. The van der Waals surface area contributed by atoms with Crippen LogP contribution in [-0.4, -0.2) is 36.0 Å². The Balaban J connectivity index is 1.72. The second-order valence-electron chi connectivity index (χ2n) is 4.57. The molecule has 8 heteroatoms. The Bertz CT molecular complexity index is 757. The number of carbonyl (C=O) groups excluding carboxylic acids is 1.